The molecule has 4 heteroatoms. The summed E-state index contributed by atoms with van der Waals surface area (Å²) in [4.78, 5) is 10.2. The summed E-state index contributed by atoms with van der Waals surface area (Å²) < 4.78 is 0. The van der Waals surface area contributed by atoms with E-state index in [1.54, 1.807) is 12.1 Å². The zero-order valence-corrected chi connectivity index (χ0v) is 11.1. The number of nitrogens with one attached hydrogen (secondary N) is 1. The third kappa shape index (κ3) is 2.70. The van der Waals surface area contributed by atoms with Crippen LogP contribution in [0.15, 0.2) is 48.5 Å². The summed E-state index contributed by atoms with van der Waals surface area (Å²) in [5, 5.41) is 14.1. The van der Waals surface area contributed by atoms with Crippen molar-refractivity contribution in [2.75, 3.05) is 0 Å². The molecule has 0 saturated carbocycles. The van der Waals surface area contributed by atoms with Crippen LogP contribution in [-0.2, 0) is 19.4 Å². The van der Waals surface area contributed by atoms with E-state index in [0.717, 1.165) is 24.9 Å². The average molecular weight is 268 g/mol. The van der Waals surface area contributed by atoms with Gasteiger partial charge in [0.15, 0.2) is 0 Å². The van der Waals surface area contributed by atoms with Gasteiger partial charge < -0.3 is 5.32 Å². The smallest absolute Gasteiger partial charge is 0.269 e. The molecule has 0 unspecified atom stereocenters. The van der Waals surface area contributed by atoms with E-state index in [1.807, 2.05) is 12.1 Å². The van der Waals surface area contributed by atoms with Crippen LogP contribution in [0.5, 0.6) is 0 Å². The summed E-state index contributed by atoms with van der Waals surface area (Å²) in [5.41, 5.74) is 4.07. The molecule has 1 aliphatic carbocycles. The van der Waals surface area contributed by atoms with Gasteiger partial charge in [0.1, 0.15) is 0 Å². The van der Waals surface area contributed by atoms with Gasteiger partial charge in [0.05, 0.1) is 4.92 Å². The van der Waals surface area contributed by atoms with E-state index in [9.17, 15) is 10.1 Å². The Morgan fingerprint density at radius 1 is 1.05 bits per heavy atom. The second kappa shape index (κ2) is 5.43. The molecule has 0 aliphatic heterocycles. The lowest BCUT2D eigenvalue weighted by molar-refractivity contribution is -0.384. The largest absolute Gasteiger partial charge is 0.309 e. The van der Waals surface area contributed by atoms with Crippen LogP contribution in [0.3, 0.4) is 0 Å². The third-order valence-corrected chi connectivity index (χ3v) is 3.79. The first-order valence-electron chi connectivity index (χ1n) is 6.76. The van der Waals surface area contributed by atoms with Gasteiger partial charge in [-0.25, -0.2) is 0 Å². The molecule has 0 aromatic heterocycles. The Morgan fingerprint density at radius 3 is 2.20 bits per heavy atom. The molecular weight excluding hydrogens is 252 g/mol. The van der Waals surface area contributed by atoms with E-state index in [0.29, 0.717) is 6.04 Å². The van der Waals surface area contributed by atoms with Gasteiger partial charge in [0.2, 0.25) is 0 Å². The van der Waals surface area contributed by atoms with Gasteiger partial charge in [-0.1, -0.05) is 36.4 Å². The van der Waals surface area contributed by atoms with Gasteiger partial charge in [-0.2, -0.15) is 0 Å². The molecule has 3 rings (SSSR count). The molecule has 0 fully saturated rings. The molecule has 2 aromatic carbocycles. The van der Waals surface area contributed by atoms with Crippen LogP contribution < -0.4 is 5.32 Å². The number of benzene rings is 2. The van der Waals surface area contributed by atoms with Crippen molar-refractivity contribution in [1.82, 2.24) is 5.32 Å². The molecule has 0 amide bonds. The lowest BCUT2D eigenvalue weighted by atomic mass is 10.1. The molecular formula is C16H16N2O2. The van der Waals surface area contributed by atoms with Crippen LogP contribution in [0.25, 0.3) is 0 Å². The Labute approximate surface area is 117 Å². The van der Waals surface area contributed by atoms with Gasteiger partial charge in [-0.05, 0) is 29.5 Å². The lowest BCUT2D eigenvalue weighted by Crippen LogP contribution is -2.28. The van der Waals surface area contributed by atoms with Crippen molar-refractivity contribution in [1.29, 1.82) is 0 Å². The molecule has 0 radical (unpaired) electrons. The van der Waals surface area contributed by atoms with E-state index in [1.165, 1.54) is 11.1 Å². The van der Waals surface area contributed by atoms with Crippen molar-refractivity contribution in [3.63, 3.8) is 0 Å². The van der Waals surface area contributed by atoms with E-state index in [4.69, 9.17) is 0 Å². The molecule has 1 N–H and O–H groups in total. The van der Waals surface area contributed by atoms with Crippen LogP contribution in [0.2, 0.25) is 0 Å². The van der Waals surface area contributed by atoms with Gasteiger partial charge >= 0.3 is 0 Å². The maximum Gasteiger partial charge on any atom is 0.269 e. The van der Waals surface area contributed by atoms with Gasteiger partial charge in [0.25, 0.3) is 5.69 Å². The number of rotatable bonds is 4. The zero-order valence-electron chi connectivity index (χ0n) is 11.1. The Bertz CT molecular complexity index is 598. The molecule has 0 bridgehead atoms. The Kier molecular flexibility index (Phi) is 3.48. The molecule has 4 nitrogen and oxygen atoms in total. The minimum Gasteiger partial charge on any atom is -0.309 e. The minimum atomic E-state index is -0.370. The Balaban J connectivity index is 1.57. The Hall–Kier alpha value is -2.20. The van der Waals surface area contributed by atoms with Crippen molar-refractivity contribution < 1.29 is 4.92 Å². The molecule has 102 valence electrons. The van der Waals surface area contributed by atoms with E-state index in [-0.39, 0.29) is 10.6 Å². The van der Waals surface area contributed by atoms with E-state index >= 15 is 0 Å². The maximum absolute atomic E-state index is 10.6. The molecule has 0 spiro atoms. The van der Waals surface area contributed by atoms with Crippen LogP contribution in [0.1, 0.15) is 16.7 Å². The first-order valence-corrected chi connectivity index (χ1v) is 6.76. The standard InChI is InChI=1S/C16H16N2O2/c19-18(20)16-7-5-12(6-8-16)11-17-15-9-13-3-1-2-4-14(13)10-15/h1-8,15,17H,9-11H2. The van der Waals surface area contributed by atoms with Gasteiger partial charge in [-0.15, -0.1) is 0 Å². The number of nitrogens with zero attached hydrogens (tertiary/aromatic N) is 1. The van der Waals surface area contributed by atoms with Crippen molar-refractivity contribution in [3.8, 4) is 0 Å². The van der Waals surface area contributed by atoms with Crippen LogP contribution in [0.4, 0.5) is 5.69 Å². The fourth-order valence-electron chi connectivity index (χ4n) is 2.70. The molecule has 0 atom stereocenters. The summed E-state index contributed by atoms with van der Waals surface area (Å²) in [5.74, 6) is 0. The first kappa shape index (κ1) is 12.8. The average Bonchev–Trinajstić information content (AvgIpc) is 2.88. The number of nitro benzene ring substituents is 1. The molecule has 0 heterocycles. The highest BCUT2D eigenvalue weighted by Crippen LogP contribution is 2.22. The molecule has 0 saturated heterocycles. The monoisotopic (exact) mass is 268 g/mol. The minimum absolute atomic E-state index is 0.141. The van der Waals surface area contributed by atoms with Crippen molar-refractivity contribution in [3.05, 3.63) is 75.3 Å². The fraction of sp³-hybridized carbons (Fsp3) is 0.250. The highest BCUT2D eigenvalue weighted by molar-refractivity contribution is 5.34. The van der Waals surface area contributed by atoms with Crippen molar-refractivity contribution in [2.45, 2.75) is 25.4 Å². The molecule has 1 aliphatic rings. The summed E-state index contributed by atoms with van der Waals surface area (Å²) in [7, 11) is 0. The number of fused-ring (bicyclic) bond motifs is 1. The summed E-state index contributed by atoms with van der Waals surface area (Å²) >= 11 is 0. The van der Waals surface area contributed by atoms with E-state index in [2.05, 4.69) is 29.6 Å². The second-order valence-electron chi connectivity index (χ2n) is 5.18. The Morgan fingerprint density at radius 2 is 1.65 bits per heavy atom. The lowest BCUT2D eigenvalue weighted by Gasteiger charge is -2.11. The van der Waals surface area contributed by atoms with Crippen molar-refractivity contribution in [2.24, 2.45) is 0 Å². The topological polar surface area (TPSA) is 55.2 Å². The predicted molar refractivity (Wildman–Crippen MR) is 77.6 cm³/mol. The van der Waals surface area contributed by atoms with E-state index < -0.39 is 0 Å². The third-order valence-electron chi connectivity index (χ3n) is 3.79. The quantitative estimate of drug-likeness (QED) is 0.685. The van der Waals surface area contributed by atoms with Crippen LogP contribution in [-0.4, -0.2) is 11.0 Å². The number of hydrogen-bond donors (Lipinski definition) is 1. The van der Waals surface area contributed by atoms with Gasteiger partial charge in [-0.3, -0.25) is 10.1 Å². The number of hydrogen-bond acceptors (Lipinski definition) is 3. The van der Waals surface area contributed by atoms with Crippen LogP contribution in [0, 0.1) is 10.1 Å². The number of nitro groups is 1. The fourth-order valence-corrected chi connectivity index (χ4v) is 2.70. The normalized spacial score (nSPS) is 14.2. The van der Waals surface area contributed by atoms with Crippen LogP contribution >= 0.6 is 0 Å². The zero-order chi connectivity index (χ0) is 13.9. The molecule has 20 heavy (non-hydrogen) atoms. The summed E-state index contributed by atoms with van der Waals surface area (Å²) in [6.07, 6.45) is 2.12. The highest BCUT2D eigenvalue weighted by atomic mass is 16.6. The molecule has 2 aromatic rings. The van der Waals surface area contributed by atoms with Gasteiger partial charge in [0, 0.05) is 24.7 Å². The summed E-state index contributed by atoms with van der Waals surface area (Å²) in [6.45, 7) is 0.747. The predicted octanol–water partition coefficient (Wildman–Crippen LogP) is 2.85. The first-order chi connectivity index (χ1) is 9.72. The SMILES string of the molecule is O=[N+]([O-])c1ccc(CNC2Cc3ccccc3C2)cc1. The number of non-ortho nitro benzene ring substituents is 1. The summed E-state index contributed by atoms with van der Waals surface area (Å²) in [6, 6.07) is 15.7. The van der Waals surface area contributed by atoms with Crippen molar-refractivity contribution >= 4 is 5.69 Å². The maximum atomic E-state index is 10.6. The second-order valence-corrected chi connectivity index (χ2v) is 5.18. The highest BCUT2D eigenvalue weighted by Gasteiger charge is 2.20.